The minimum atomic E-state index is -0.471. The molecule has 1 aromatic rings. The fraction of sp³-hybridized carbons (Fsp3) is 0.818. The fourth-order valence-electron chi connectivity index (χ4n) is 1.72. The van der Waals surface area contributed by atoms with Crippen LogP contribution in [0.1, 0.15) is 18.9 Å². The van der Waals surface area contributed by atoms with Gasteiger partial charge in [-0.3, -0.25) is 4.57 Å². The van der Waals surface area contributed by atoms with Crippen LogP contribution >= 0.6 is 11.8 Å². The van der Waals surface area contributed by atoms with Gasteiger partial charge in [-0.05, 0) is 12.8 Å². The lowest BCUT2D eigenvalue weighted by Gasteiger charge is -2.11. The summed E-state index contributed by atoms with van der Waals surface area (Å²) in [4.78, 5) is 11.6. The van der Waals surface area contributed by atoms with Crippen molar-refractivity contribution in [2.75, 3.05) is 32.6 Å². The molecule has 2 rings (SSSR count). The first-order chi connectivity index (χ1) is 9.22. The van der Waals surface area contributed by atoms with Gasteiger partial charge in [-0.15, -0.1) is 5.10 Å². The zero-order chi connectivity index (χ0) is 13.7. The van der Waals surface area contributed by atoms with E-state index in [1.54, 1.807) is 11.7 Å². The van der Waals surface area contributed by atoms with Crippen molar-refractivity contribution in [1.29, 1.82) is 0 Å². The van der Waals surface area contributed by atoms with E-state index in [1.165, 1.54) is 11.8 Å². The van der Waals surface area contributed by atoms with E-state index in [0.29, 0.717) is 36.6 Å². The number of hydrogen-bond acceptors (Lipinski definition) is 6. The lowest BCUT2D eigenvalue weighted by molar-refractivity contribution is 0.175. The number of ether oxygens (including phenoxy) is 1. The van der Waals surface area contributed by atoms with Crippen LogP contribution in [0.25, 0.3) is 0 Å². The van der Waals surface area contributed by atoms with Crippen molar-refractivity contribution >= 4 is 11.8 Å². The number of aromatic nitrogens is 3. The predicted molar refractivity (Wildman–Crippen MR) is 72.6 cm³/mol. The summed E-state index contributed by atoms with van der Waals surface area (Å²) in [5.74, 6) is 0.511. The summed E-state index contributed by atoms with van der Waals surface area (Å²) in [6.07, 6.45) is 1.60. The number of H-pyrrole nitrogens is 1. The Morgan fingerprint density at radius 3 is 3.16 bits per heavy atom. The molecule has 1 unspecified atom stereocenters. The normalized spacial score (nSPS) is 16.7. The molecule has 19 heavy (non-hydrogen) atoms. The van der Waals surface area contributed by atoms with E-state index in [2.05, 4.69) is 15.5 Å². The van der Waals surface area contributed by atoms with E-state index >= 15 is 0 Å². The topological polar surface area (TPSA) is 92.2 Å². The minimum absolute atomic E-state index is 0.155. The maximum Gasteiger partial charge on any atom is 0.344 e. The fourth-order valence-corrected chi connectivity index (χ4v) is 2.66. The first-order valence-corrected chi connectivity index (χ1v) is 7.38. The van der Waals surface area contributed by atoms with Gasteiger partial charge < -0.3 is 15.2 Å². The molecule has 0 aromatic carbocycles. The molecule has 0 radical (unpaired) electrons. The van der Waals surface area contributed by atoms with Crippen LogP contribution in [-0.2, 0) is 4.74 Å². The van der Waals surface area contributed by atoms with E-state index in [4.69, 9.17) is 4.74 Å². The maximum atomic E-state index is 11.6. The second-order valence-electron chi connectivity index (χ2n) is 4.57. The zero-order valence-electron chi connectivity index (χ0n) is 11.0. The second kappa shape index (κ2) is 7.09. The molecule has 108 valence electrons. The smallest absolute Gasteiger partial charge is 0.344 e. The lowest BCUT2D eigenvalue weighted by atomic mass is 10.4. The Labute approximate surface area is 115 Å². The quantitative estimate of drug-likeness (QED) is 0.423. The van der Waals surface area contributed by atoms with Gasteiger partial charge in [-0.2, -0.15) is 0 Å². The summed E-state index contributed by atoms with van der Waals surface area (Å²) in [5, 5.41) is 20.0. The first-order valence-electron chi connectivity index (χ1n) is 6.39. The summed E-state index contributed by atoms with van der Waals surface area (Å²) < 4.78 is 6.59. The molecule has 1 aliphatic rings. The number of aliphatic hydroxyl groups excluding tert-OH is 1. The summed E-state index contributed by atoms with van der Waals surface area (Å²) in [7, 11) is 1.64. The van der Waals surface area contributed by atoms with Crippen LogP contribution in [-0.4, -0.2) is 58.5 Å². The molecule has 1 aliphatic carbocycles. The van der Waals surface area contributed by atoms with E-state index < -0.39 is 6.10 Å². The van der Waals surface area contributed by atoms with Crippen molar-refractivity contribution in [3.05, 3.63) is 10.5 Å². The van der Waals surface area contributed by atoms with Crippen LogP contribution < -0.4 is 11.0 Å². The molecule has 8 heteroatoms. The van der Waals surface area contributed by atoms with Crippen molar-refractivity contribution in [2.24, 2.45) is 0 Å². The molecular formula is C11H20N4O3S. The summed E-state index contributed by atoms with van der Waals surface area (Å²) in [5.41, 5.74) is -0.155. The van der Waals surface area contributed by atoms with Crippen molar-refractivity contribution in [2.45, 2.75) is 30.1 Å². The highest BCUT2D eigenvalue weighted by Gasteiger charge is 2.28. The van der Waals surface area contributed by atoms with Crippen molar-refractivity contribution in [3.63, 3.8) is 0 Å². The highest BCUT2D eigenvalue weighted by molar-refractivity contribution is 7.99. The van der Waals surface area contributed by atoms with Crippen molar-refractivity contribution < 1.29 is 9.84 Å². The van der Waals surface area contributed by atoms with Crippen LogP contribution in [0.5, 0.6) is 0 Å². The summed E-state index contributed by atoms with van der Waals surface area (Å²) in [6.45, 7) is 1.85. The average molecular weight is 288 g/mol. The van der Waals surface area contributed by atoms with Crippen molar-refractivity contribution in [3.8, 4) is 0 Å². The molecule has 3 N–H and O–H groups in total. The largest absolute Gasteiger partial charge is 0.391 e. The second-order valence-corrected chi connectivity index (χ2v) is 5.56. The molecule has 1 aromatic heterocycles. The van der Waals surface area contributed by atoms with Gasteiger partial charge in [0, 0.05) is 32.0 Å². The predicted octanol–water partition coefficient (Wildman–Crippen LogP) is -0.405. The van der Waals surface area contributed by atoms with Gasteiger partial charge >= 0.3 is 5.69 Å². The Bertz CT molecular complexity index is 443. The number of nitrogens with zero attached hydrogens (tertiary/aromatic N) is 2. The molecule has 1 saturated carbocycles. The van der Waals surface area contributed by atoms with Gasteiger partial charge in [0.1, 0.15) is 0 Å². The van der Waals surface area contributed by atoms with E-state index in [-0.39, 0.29) is 5.69 Å². The lowest BCUT2D eigenvalue weighted by Crippen LogP contribution is -2.30. The minimum Gasteiger partial charge on any atom is -0.391 e. The SMILES string of the molecule is COCCNCC(O)CSc1n[nH]c(=O)n1C1CC1. The van der Waals surface area contributed by atoms with Gasteiger partial charge in [0.05, 0.1) is 12.7 Å². The molecule has 7 nitrogen and oxygen atoms in total. The molecule has 1 atom stereocenters. The number of methoxy groups -OCH3 is 1. The Balaban J connectivity index is 1.74. The van der Waals surface area contributed by atoms with Gasteiger partial charge in [0.25, 0.3) is 0 Å². The van der Waals surface area contributed by atoms with Crippen LogP contribution in [0.2, 0.25) is 0 Å². The third-order valence-electron chi connectivity index (χ3n) is 2.85. The molecular weight excluding hydrogens is 268 g/mol. The molecule has 1 fully saturated rings. The van der Waals surface area contributed by atoms with Gasteiger partial charge in [-0.25, -0.2) is 9.89 Å². The first kappa shape index (κ1) is 14.6. The molecule has 0 aliphatic heterocycles. The highest BCUT2D eigenvalue weighted by Crippen LogP contribution is 2.36. The van der Waals surface area contributed by atoms with Crippen LogP contribution in [0, 0.1) is 0 Å². The zero-order valence-corrected chi connectivity index (χ0v) is 11.8. The van der Waals surface area contributed by atoms with Crippen LogP contribution in [0.15, 0.2) is 9.95 Å². The molecule has 0 amide bonds. The molecule has 0 spiro atoms. The average Bonchev–Trinajstić information content (AvgIpc) is 3.16. The number of hydrogen-bond donors (Lipinski definition) is 3. The number of aromatic amines is 1. The third kappa shape index (κ3) is 4.34. The molecule has 0 saturated heterocycles. The Kier molecular flexibility index (Phi) is 5.44. The van der Waals surface area contributed by atoms with E-state index in [9.17, 15) is 9.90 Å². The van der Waals surface area contributed by atoms with Crippen molar-refractivity contribution in [1.82, 2.24) is 20.1 Å². The Hall–Kier alpha value is -0.830. The summed E-state index contributed by atoms with van der Waals surface area (Å²) in [6, 6.07) is 0.297. The van der Waals surface area contributed by atoms with E-state index in [0.717, 1.165) is 12.8 Å². The van der Waals surface area contributed by atoms with Gasteiger partial charge in [-0.1, -0.05) is 11.8 Å². The third-order valence-corrected chi connectivity index (χ3v) is 3.95. The highest BCUT2D eigenvalue weighted by atomic mass is 32.2. The maximum absolute atomic E-state index is 11.6. The number of rotatable bonds is 9. The van der Waals surface area contributed by atoms with Gasteiger partial charge in [0.15, 0.2) is 5.16 Å². The Morgan fingerprint density at radius 2 is 2.47 bits per heavy atom. The number of thioether (sulfide) groups is 1. The monoisotopic (exact) mass is 288 g/mol. The number of nitrogens with one attached hydrogen (secondary N) is 2. The van der Waals surface area contributed by atoms with Gasteiger partial charge in [0.2, 0.25) is 0 Å². The van der Waals surface area contributed by atoms with E-state index in [1.807, 2.05) is 0 Å². The number of aliphatic hydroxyl groups is 1. The summed E-state index contributed by atoms with van der Waals surface area (Å²) >= 11 is 1.41. The molecule has 0 bridgehead atoms. The standard InChI is InChI=1S/C11H20N4O3S/c1-18-5-4-12-6-9(16)7-19-11-14-13-10(17)15(11)8-2-3-8/h8-9,12,16H,2-7H2,1H3,(H,13,17). The Morgan fingerprint density at radius 1 is 1.68 bits per heavy atom. The van der Waals surface area contributed by atoms with Crippen LogP contribution in [0.3, 0.4) is 0 Å². The van der Waals surface area contributed by atoms with Crippen LogP contribution in [0.4, 0.5) is 0 Å². The molecule has 1 heterocycles.